The lowest BCUT2D eigenvalue weighted by molar-refractivity contribution is -0.143. The molecular formula is C36H46N2O6. The second-order valence-corrected chi connectivity index (χ2v) is 12.2. The minimum Gasteiger partial charge on any atom is -0.481 e. The molecule has 0 bridgehead atoms. The average Bonchev–Trinajstić information content (AvgIpc) is 3.01. The van der Waals surface area contributed by atoms with Gasteiger partial charge < -0.3 is 29.9 Å². The largest absolute Gasteiger partial charge is 0.481 e. The summed E-state index contributed by atoms with van der Waals surface area (Å²) in [5, 5.41) is 23.9. The predicted octanol–water partition coefficient (Wildman–Crippen LogP) is 8.52. The van der Waals surface area contributed by atoms with Gasteiger partial charge in [-0.05, 0) is 74.8 Å². The van der Waals surface area contributed by atoms with Crippen molar-refractivity contribution < 1.29 is 29.3 Å². The van der Waals surface area contributed by atoms with Crippen molar-refractivity contribution in [2.45, 2.75) is 84.2 Å². The Morgan fingerprint density at radius 1 is 0.932 bits per heavy atom. The van der Waals surface area contributed by atoms with Crippen LogP contribution in [0.3, 0.4) is 0 Å². The van der Waals surface area contributed by atoms with E-state index in [4.69, 9.17) is 9.47 Å². The molecule has 0 spiro atoms. The summed E-state index contributed by atoms with van der Waals surface area (Å²) in [4.78, 5) is 26.9. The first-order valence-corrected chi connectivity index (χ1v) is 15.7. The highest BCUT2D eigenvalue weighted by Crippen LogP contribution is 2.36. The monoisotopic (exact) mass is 602 g/mol. The van der Waals surface area contributed by atoms with Gasteiger partial charge in [0.1, 0.15) is 23.0 Å². The van der Waals surface area contributed by atoms with Crippen LogP contribution in [-0.2, 0) is 10.2 Å². The molecule has 0 saturated carbocycles. The van der Waals surface area contributed by atoms with Crippen molar-refractivity contribution >= 4 is 17.7 Å². The van der Waals surface area contributed by atoms with Gasteiger partial charge >= 0.3 is 12.0 Å². The molecule has 0 aliphatic carbocycles. The normalized spacial score (nSPS) is 15.8. The van der Waals surface area contributed by atoms with Crippen LogP contribution in [0.25, 0.3) is 0 Å². The highest BCUT2D eigenvalue weighted by atomic mass is 16.5. The van der Waals surface area contributed by atoms with Crippen molar-refractivity contribution in [2.24, 2.45) is 5.92 Å². The Balaban J connectivity index is 1.53. The molecule has 1 unspecified atom stereocenters. The van der Waals surface area contributed by atoms with Crippen LogP contribution < -0.4 is 14.8 Å². The Hall–Kier alpha value is -4.04. The average molecular weight is 603 g/mol. The molecule has 8 heteroatoms. The third-order valence-corrected chi connectivity index (χ3v) is 9.16. The summed E-state index contributed by atoms with van der Waals surface area (Å²) in [6, 6.07) is 19.7. The molecule has 1 aliphatic rings. The zero-order chi connectivity index (χ0) is 31.9. The van der Waals surface area contributed by atoms with Gasteiger partial charge in [0.05, 0.1) is 11.0 Å². The number of aliphatic carboxylic acids is 1. The number of hydrogen-bond donors (Lipinski definition) is 3. The van der Waals surface area contributed by atoms with Crippen LogP contribution in [0.15, 0.2) is 66.7 Å². The van der Waals surface area contributed by atoms with E-state index in [0.717, 1.165) is 24.8 Å². The number of aliphatic hydroxyl groups is 1. The van der Waals surface area contributed by atoms with Gasteiger partial charge in [-0.25, -0.2) is 4.79 Å². The third kappa shape index (κ3) is 7.91. The topological polar surface area (TPSA) is 108 Å². The van der Waals surface area contributed by atoms with E-state index in [2.05, 4.69) is 19.2 Å². The standard InChI is InChI=1S/C36H46N2O6/c1-6-26(7-2)24-36(42)17-19-38(20-18-36)34(41)37-28-21-30(23-31(22-28)44-32-12-10-9-11-25(32)4)43-29-15-13-27(14-16-29)35(5,8-3)33(39)40/h9-16,21-23,26,42H,6-8,17-20,24H2,1-5H3,(H,37,41)(H,39,40). The highest BCUT2D eigenvalue weighted by molar-refractivity contribution is 5.90. The number of carbonyl (C=O) groups is 2. The van der Waals surface area contributed by atoms with Crippen molar-refractivity contribution in [1.82, 2.24) is 4.90 Å². The Morgan fingerprint density at radius 3 is 2.11 bits per heavy atom. The Labute approximate surface area is 261 Å². The maximum Gasteiger partial charge on any atom is 0.321 e. The van der Waals surface area contributed by atoms with E-state index in [1.165, 1.54) is 0 Å². The smallest absolute Gasteiger partial charge is 0.321 e. The van der Waals surface area contributed by atoms with E-state index in [9.17, 15) is 19.8 Å². The molecule has 3 aromatic rings. The quantitative estimate of drug-likeness (QED) is 0.192. The van der Waals surface area contributed by atoms with Crippen molar-refractivity contribution in [3.8, 4) is 23.0 Å². The second-order valence-electron chi connectivity index (χ2n) is 12.2. The molecular weight excluding hydrogens is 556 g/mol. The number of para-hydroxylation sites is 1. The molecule has 0 radical (unpaired) electrons. The molecule has 3 aromatic carbocycles. The number of carboxylic acid groups (broad SMARTS) is 1. The van der Waals surface area contributed by atoms with Crippen molar-refractivity contribution in [2.75, 3.05) is 18.4 Å². The van der Waals surface area contributed by atoms with E-state index in [1.807, 2.05) is 38.1 Å². The number of ether oxygens (including phenoxy) is 2. The molecule has 1 aliphatic heterocycles. The lowest BCUT2D eigenvalue weighted by Crippen LogP contribution is -2.48. The first kappa shape index (κ1) is 32.9. The zero-order valence-electron chi connectivity index (χ0n) is 26.6. The first-order chi connectivity index (χ1) is 21.0. The number of benzene rings is 3. The molecule has 1 saturated heterocycles. The number of hydrogen-bond acceptors (Lipinski definition) is 5. The predicted molar refractivity (Wildman–Crippen MR) is 173 cm³/mol. The van der Waals surface area contributed by atoms with Gasteiger partial charge in [0, 0.05) is 37.0 Å². The number of carbonyl (C=O) groups excluding carboxylic acids is 1. The molecule has 4 rings (SSSR count). The van der Waals surface area contributed by atoms with Gasteiger partial charge in [0.25, 0.3) is 0 Å². The van der Waals surface area contributed by atoms with Gasteiger partial charge in [-0.3, -0.25) is 4.79 Å². The molecule has 2 amide bonds. The number of urea groups is 1. The van der Waals surface area contributed by atoms with Crippen LogP contribution in [0.5, 0.6) is 23.0 Å². The fourth-order valence-corrected chi connectivity index (χ4v) is 5.71. The minimum atomic E-state index is -0.991. The molecule has 1 fully saturated rings. The van der Waals surface area contributed by atoms with Crippen LogP contribution in [0, 0.1) is 12.8 Å². The summed E-state index contributed by atoms with van der Waals surface area (Å²) in [7, 11) is 0. The van der Waals surface area contributed by atoms with Gasteiger partial charge in [0.15, 0.2) is 0 Å². The molecule has 1 heterocycles. The molecule has 8 nitrogen and oxygen atoms in total. The Kier molecular flexibility index (Phi) is 10.6. The summed E-state index contributed by atoms with van der Waals surface area (Å²) >= 11 is 0. The number of aryl methyl sites for hydroxylation is 1. The number of amides is 2. The summed E-state index contributed by atoms with van der Waals surface area (Å²) in [6.45, 7) is 10.8. The number of carboxylic acids is 1. The Morgan fingerprint density at radius 2 is 1.55 bits per heavy atom. The SMILES string of the molecule is CCC(CC)CC1(O)CCN(C(=O)Nc2cc(Oc3ccc(C(C)(CC)C(=O)O)cc3)cc(Oc3ccccc3C)c2)CC1. The van der Waals surface area contributed by atoms with Crippen LogP contribution in [0.1, 0.15) is 77.3 Å². The van der Waals surface area contributed by atoms with E-state index < -0.39 is 17.0 Å². The number of anilines is 1. The van der Waals surface area contributed by atoms with Crippen LogP contribution >= 0.6 is 0 Å². The number of nitrogens with zero attached hydrogens (tertiary/aromatic N) is 1. The first-order valence-electron chi connectivity index (χ1n) is 15.7. The molecule has 3 N–H and O–H groups in total. The highest BCUT2D eigenvalue weighted by Gasteiger charge is 2.35. The van der Waals surface area contributed by atoms with Gasteiger partial charge in [-0.15, -0.1) is 0 Å². The maximum absolute atomic E-state index is 13.3. The van der Waals surface area contributed by atoms with Crippen molar-refractivity contribution in [3.63, 3.8) is 0 Å². The van der Waals surface area contributed by atoms with Gasteiger partial charge in [0.2, 0.25) is 0 Å². The molecule has 0 aromatic heterocycles. The van der Waals surface area contributed by atoms with E-state index >= 15 is 0 Å². The van der Waals surface area contributed by atoms with Gasteiger partial charge in [-0.1, -0.05) is 63.9 Å². The maximum atomic E-state index is 13.3. The number of nitrogens with one attached hydrogen (secondary N) is 1. The number of rotatable bonds is 12. The van der Waals surface area contributed by atoms with Crippen LogP contribution in [0.2, 0.25) is 0 Å². The fourth-order valence-electron chi connectivity index (χ4n) is 5.71. The van der Waals surface area contributed by atoms with E-state index in [-0.39, 0.29) is 6.03 Å². The number of likely N-dealkylation sites (tertiary alicyclic amines) is 1. The Bertz CT molecular complexity index is 1430. The zero-order valence-corrected chi connectivity index (χ0v) is 26.6. The lowest BCUT2D eigenvalue weighted by atomic mass is 9.80. The summed E-state index contributed by atoms with van der Waals surface area (Å²) in [5.74, 6) is 1.77. The van der Waals surface area contributed by atoms with E-state index in [0.29, 0.717) is 72.5 Å². The van der Waals surface area contributed by atoms with Crippen molar-refractivity contribution in [1.29, 1.82) is 0 Å². The van der Waals surface area contributed by atoms with Gasteiger partial charge in [-0.2, -0.15) is 0 Å². The summed E-state index contributed by atoms with van der Waals surface area (Å²) in [5.41, 5.74) is 0.443. The number of piperidine rings is 1. The van der Waals surface area contributed by atoms with Crippen molar-refractivity contribution in [3.05, 3.63) is 77.9 Å². The van der Waals surface area contributed by atoms with Crippen LogP contribution in [0.4, 0.5) is 10.5 Å². The molecule has 236 valence electrons. The molecule has 44 heavy (non-hydrogen) atoms. The summed E-state index contributed by atoms with van der Waals surface area (Å²) < 4.78 is 12.4. The lowest BCUT2D eigenvalue weighted by Gasteiger charge is -2.39. The van der Waals surface area contributed by atoms with E-state index in [1.54, 1.807) is 54.3 Å². The third-order valence-electron chi connectivity index (χ3n) is 9.16. The molecule has 1 atom stereocenters. The second kappa shape index (κ2) is 14.2. The van der Waals surface area contributed by atoms with Crippen LogP contribution in [-0.4, -0.2) is 45.8 Å². The minimum absolute atomic E-state index is 0.245. The summed E-state index contributed by atoms with van der Waals surface area (Å²) in [6.07, 6.45) is 4.41. The fraction of sp³-hybridized carbons (Fsp3) is 0.444.